The van der Waals surface area contributed by atoms with E-state index in [2.05, 4.69) is 10.6 Å². The number of amides is 4. The molecule has 1 fully saturated rings. The summed E-state index contributed by atoms with van der Waals surface area (Å²) < 4.78 is 18.7. The van der Waals surface area contributed by atoms with Crippen molar-refractivity contribution in [2.75, 3.05) is 11.9 Å². The zero-order chi connectivity index (χ0) is 17.3. The van der Waals surface area contributed by atoms with Gasteiger partial charge in [0, 0.05) is 0 Å². The fourth-order valence-corrected chi connectivity index (χ4v) is 2.47. The molecule has 24 heavy (non-hydrogen) atoms. The third-order valence-corrected chi connectivity index (χ3v) is 3.74. The third-order valence-electron chi connectivity index (χ3n) is 3.74. The van der Waals surface area contributed by atoms with Gasteiger partial charge >= 0.3 is 6.03 Å². The summed E-state index contributed by atoms with van der Waals surface area (Å²) in [5, 5.41) is 4.83. The first kappa shape index (κ1) is 15.7. The van der Waals surface area contributed by atoms with Gasteiger partial charge < -0.3 is 15.1 Å². The maximum absolute atomic E-state index is 13.5. The highest BCUT2D eigenvalue weighted by Gasteiger charge is 2.51. The van der Waals surface area contributed by atoms with E-state index in [-0.39, 0.29) is 11.4 Å². The van der Waals surface area contributed by atoms with E-state index in [9.17, 15) is 18.8 Å². The van der Waals surface area contributed by atoms with E-state index in [1.165, 1.54) is 31.4 Å². The van der Waals surface area contributed by atoms with Crippen molar-refractivity contribution < 1.29 is 23.2 Å². The molecule has 1 aliphatic heterocycles. The van der Waals surface area contributed by atoms with Gasteiger partial charge in [0.2, 0.25) is 5.91 Å². The van der Waals surface area contributed by atoms with Crippen molar-refractivity contribution in [3.8, 4) is 0 Å². The number of rotatable bonds is 4. The molecule has 7 nitrogen and oxygen atoms in total. The van der Waals surface area contributed by atoms with Gasteiger partial charge in [0.1, 0.15) is 18.1 Å². The second-order valence-electron chi connectivity index (χ2n) is 5.45. The number of carbonyl (C=O) groups excluding carboxylic acids is 3. The van der Waals surface area contributed by atoms with Crippen molar-refractivity contribution in [3.63, 3.8) is 0 Å². The second kappa shape index (κ2) is 5.80. The summed E-state index contributed by atoms with van der Waals surface area (Å²) in [5.41, 5.74) is -1.40. The van der Waals surface area contributed by atoms with Crippen LogP contribution in [0.4, 0.5) is 14.9 Å². The molecule has 1 saturated heterocycles. The topological polar surface area (TPSA) is 91.7 Å². The Morgan fingerprint density at radius 2 is 2.04 bits per heavy atom. The fraction of sp³-hybridized carbons (Fsp3) is 0.188. The van der Waals surface area contributed by atoms with Crippen molar-refractivity contribution in [2.24, 2.45) is 0 Å². The second-order valence-corrected chi connectivity index (χ2v) is 5.45. The molecule has 2 heterocycles. The molecule has 0 radical (unpaired) electrons. The molecule has 1 atom stereocenters. The number of halogens is 1. The predicted molar refractivity (Wildman–Crippen MR) is 81.3 cm³/mol. The van der Waals surface area contributed by atoms with Crippen LogP contribution < -0.4 is 10.6 Å². The summed E-state index contributed by atoms with van der Waals surface area (Å²) in [6.45, 7) is 0.954. The Kier molecular flexibility index (Phi) is 3.80. The number of para-hydroxylation sites is 1. The summed E-state index contributed by atoms with van der Waals surface area (Å²) in [6.07, 6.45) is 1.38. The summed E-state index contributed by atoms with van der Waals surface area (Å²) in [7, 11) is 0. The summed E-state index contributed by atoms with van der Waals surface area (Å²) in [5.74, 6) is -1.65. The number of nitrogens with one attached hydrogen (secondary N) is 2. The fourth-order valence-electron chi connectivity index (χ4n) is 2.47. The number of carbonyl (C=O) groups is 3. The number of hydrogen-bond donors (Lipinski definition) is 2. The minimum atomic E-state index is -1.38. The lowest BCUT2D eigenvalue weighted by molar-refractivity contribution is -0.134. The molecule has 0 saturated carbocycles. The number of nitrogens with zero attached hydrogens (tertiary/aromatic N) is 1. The molecule has 0 bridgehead atoms. The zero-order valence-corrected chi connectivity index (χ0v) is 12.7. The Balaban J connectivity index is 1.74. The molecule has 0 aliphatic carbocycles. The number of urea groups is 1. The highest BCUT2D eigenvalue weighted by atomic mass is 19.1. The van der Waals surface area contributed by atoms with Crippen LogP contribution in [0.2, 0.25) is 0 Å². The standard InChI is InChI=1S/C16H14FN3O4/c1-16(12-7-4-8-24-12)14(22)20(15(23)19-16)9-13(21)18-11-6-3-2-5-10(11)17/h2-8H,9H2,1H3,(H,18,21)(H,19,23). The van der Waals surface area contributed by atoms with E-state index in [0.717, 1.165) is 4.90 Å². The van der Waals surface area contributed by atoms with E-state index in [1.807, 2.05) is 0 Å². The lowest BCUT2D eigenvalue weighted by Gasteiger charge is -2.18. The van der Waals surface area contributed by atoms with Crippen LogP contribution >= 0.6 is 0 Å². The number of benzene rings is 1. The molecule has 1 aromatic heterocycles. The molecule has 8 heteroatoms. The predicted octanol–water partition coefficient (Wildman–Crippen LogP) is 1.82. The van der Waals surface area contributed by atoms with E-state index >= 15 is 0 Å². The molecular formula is C16H14FN3O4. The smallest absolute Gasteiger partial charge is 0.325 e. The molecule has 124 valence electrons. The van der Waals surface area contributed by atoms with Crippen molar-refractivity contribution >= 4 is 23.5 Å². The largest absolute Gasteiger partial charge is 0.466 e. The Morgan fingerprint density at radius 3 is 2.71 bits per heavy atom. The Hall–Kier alpha value is -3.16. The minimum Gasteiger partial charge on any atom is -0.466 e. The van der Waals surface area contributed by atoms with Crippen LogP contribution in [0.3, 0.4) is 0 Å². The maximum Gasteiger partial charge on any atom is 0.325 e. The third kappa shape index (κ3) is 2.62. The van der Waals surface area contributed by atoms with Gasteiger partial charge in [-0.05, 0) is 31.2 Å². The Morgan fingerprint density at radius 1 is 1.29 bits per heavy atom. The van der Waals surface area contributed by atoms with Gasteiger partial charge in [-0.3, -0.25) is 14.5 Å². The van der Waals surface area contributed by atoms with Gasteiger partial charge in [0.15, 0.2) is 5.54 Å². The van der Waals surface area contributed by atoms with E-state index in [4.69, 9.17) is 4.42 Å². The zero-order valence-electron chi connectivity index (χ0n) is 12.7. The molecule has 4 amide bonds. The average Bonchev–Trinajstić information content (AvgIpc) is 3.14. The van der Waals surface area contributed by atoms with Gasteiger partial charge in [-0.25, -0.2) is 9.18 Å². The molecular weight excluding hydrogens is 317 g/mol. The van der Waals surface area contributed by atoms with Gasteiger partial charge in [-0.1, -0.05) is 12.1 Å². The van der Waals surface area contributed by atoms with Gasteiger partial charge in [-0.15, -0.1) is 0 Å². The number of furan rings is 1. The molecule has 3 rings (SSSR count). The van der Waals surface area contributed by atoms with E-state index < -0.39 is 35.7 Å². The molecule has 2 N–H and O–H groups in total. The van der Waals surface area contributed by atoms with Crippen molar-refractivity contribution in [1.29, 1.82) is 0 Å². The first-order chi connectivity index (χ1) is 11.4. The number of anilines is 1. The maximum atomic E-state index is 13.5. The number of hydrogen-bond acceptors (Lipinski definition) is 4. The van der Waals surface area contributed by atoms with Gasteiger partial charge in [0.25, 0.3) is 5.91 Å². The van der Waals surface area contributed by atoms with E-state index in [1.54, 1.807) is 18.2 Å². The SMILES string of the molecule is CC1(c2ccco2)NC(=O)N(CC(=O)Nc2ccccc2F)C1=O. The Bertz CT molecular complexity index is 805. The normalized spacial score (nSPS) is 20.2. The Labute approximate surface area is 136 Å². The van der Waals surface area contributed by atoms with Crippen molar-refractivity contribution in [2.45, 2.75) is 12.5 Å². The van der Waals surface area contributed by atoms with E-state index in [0.29, 0.717) is 0 Å². The summed E-state index contributed by atoms with van der Waals surface area (Å²) in [4.78, 5) is 37.4. The molecule has 1 aromatic carbocycles. The van der Waals surface area contributed by atoms with Crippen LogP contribution in [0.15, 0.2) is 47.1 Å². The van der Waals surface area contributed by atoms with Crippen LogP contribution in [0.25, 0.3) is 0 Å². The molecule has 0 spiro atoms. The van der Waals surface area contributed by atoms with Gasteiger partial charge in [-0.2, -0.15) is 0 Å². The number of imide groups is 1. The molecule has 1 aliphatic rings. The highest BCUT2D eigenvalue weighted by Crippen LogP contribution is 2.29. The van der Waals surface area contributed by atoms with Crippen LogP contribution in [0.5, 0.6) is 0 Å². The molecule has 2 aromatic rings. The first-order valence-corrected chi connectivity index (χ1v) is 7.14. The van der Waals surface area contributed by atoms with Crippen LogP contribution in [0, 0.1) is 5.82 Å². The van der Waals surface area contributed by atoms with Gasteiger partial charge in [0.05, 0.1) is 12.0 Å². The van der Waals surface area contributed by atoms with Crippen LogP contribution in [0.1, 0.15) is 12.7 Å². The van der Waals surface area contributed by atoms with Crippen LogP contribution in [-0.4, -0.2) is 29.3 Å². The van der Waals surface area contributed by atoms with Crippen molar-refractivity contribution in [1.82, 2.24) is 10.2 Å². The average molecular weight is 331 g/mol. The lowest BCUT2D eigenvalue weighted by Crippen LogP contribution is -2.41. The lowest BCUT2D eigenvalue weighted by atomic mass is 9.99. The monoisotopic (exact) mass is 331 g/mol. The van der Waals surface area contributed by atoms with Crippen LogP contribution in [-0.2, 0) is 15.1 Å². The summed E-state index contributed by atoms with van der Waals surface area (Å²) >= 11 is 0. The quantitative estimate of drug-likeness (QED) is 0.836. The highest BCUT2D eigenvalue weighted by molar-refractivity contribution is 6.10. The first-order valence-electron chi connectivity index (χ1n) is 7.14. The molecule has 1 unspecified atom stereocenters. The van der Waals surface area contributed by atoms with Crippen molar-refractivity contribution in [3.05, 3.63) is 54.2 Å². The summed E-state index contributed by atoms with van der Waals surface area (Å²) in [6, 6.07) is 8.04. The minimum absolute atomic E-state index is 0.0247.